The second-order valence-corrected chi connectivity index (χ2v) is 8.91. The van der Waals surface area contributed by atoms with E-state index in [1.165, 1.54) is 22.5 Å². The molecule has 0 radical (unpaired) electrons. The summed E-state index contributed by atoms with van der Waals surface area (Å²) >= 11 is 0. The fourth-order valence-electron chi connectivity index (χ4n) is 3.18. The summed E-state index contributed by atoms with van der Waals surface area (Å²) in [6.07, 6.45) is -1.98. The van der Waals surface area contributed by atoms with Gasteiger partial charge in [-0.25, -0.2) is 8.42 Å². The zero-order valence-electron chi connectivity index (χ0n) is 15.8. The number of amides is 1. The Bertz CT molecular complexity index is 1010. The van der Waals surface area contributed by atoms with Gasteiger partial charge in [-0.3, -0.25) is 4.79 Å². The molecule has 1 aliphatic heterocycles. The number of rotatable bonds is 4. The molecule has 0 atom stereocenters. The maximum absolute atomic E-state index is 12.9. The molecule has 0 aromatic heterocycles. The first kappa shape index (κ1) is 21.3. The molecule has 0 saturated carbocycles. The molecule has 0 unspecified atom stereocenters. The van der Waals surface area contributed by atoms with Gasteiger partial charge in [-0.1, -0.05) is 18.6 Å². The number of hydrogen-bond acceptors (Lipinski definition) is 3. The zero-order chi connectivity index (χ0) is 21.2. The second kappa shape index (κ2) is 8.16. The van der Waals surface area contributed by atoms with Gasteiger partial charge in [0.1, 0.15) is 0 Å². The van der Waals surface area contributed by atoms with Crippen LogP contribution in [0.3, 0.4) is 0 Å². The van der Waals surface area contributed by atoms with Crippen molar-refractivity contribution >= 4 is 21.6 Å². The Labute approximate surface area is 167 Å². The second-order valence-electron chi connectivity index (χ2n) is 6.97. The maximum Gasteiger partial charge on any atom is 0.416 e. The van der Waals surface area contributed by atoms with Crippen molar-refractivity contribution < 1.29 is 26.4 Å². The maximum atomic E-state index is 12.9. The molecule has 29 heavy (non-hydrogen) atoms. The Kier molecular flexibility index (Phi) is 6.00. The van der Waals surface area contributed by atoms with Gasteiger partial charge in [-0.15, -0.1) is 0 Å². The number of alkyl halides is 3. The molecule has 1 amide bonds. The first-order chi connectivity index (χ1) is 13.6. The number of nitrogens with zero attached hydrogens (tertiary/aromatic N) is 1. The summed E-state index contributed by atoms with van der Waals surface area (Å²) in [4.78, 5) is 12.5. The van der Waals surface area contributed by atoms with Gasteiger partial charge in [0, 0.05) is 24.3 Å². The highest BCUT2D eigenvalue weighted by Crippen LogP contribution is 2.30. The average molecular weight is 426 g/mol. The topological polar surface area (TPSA) is 66.5 Å². The van der Waals surface area contributed by atoms with Crippen molar-refractivity contribution in [2.75, 3.05) is 18.4 Å². The minimum atomic E-state index is -4.56. The number of carbonyl (C=O) groups is 1. The molecular weight excluding hydrogens is 405 g/mol. The number of halogens is 3. The molecule has 0 spiro atoms. The lowest BCUT2D eigenvalue weighted by atomic mass is 10.1. The smallest absolute Gasteiger partial charge is 0.322 e. The van der Waals surface area contributed by atoms with Crippen LogP contribution in [0.15, 0.2) is 47.4 Å². The third kappa shape index (κ3) is 4.79. The summed E-state index contributed by atoms with van der Waals surface area (Å²) in [5.41, 5.74) is -0.250. The van der Waals surface area contributed by atoms with Crippen molar-refractivity contribution in [1.29, 1.82) is 0 Å². The van der Waals surface area contributed by atoms with E-state index >= 15 is 0 Å². The largest absolute Gasteiger partial charge is 0.416 e. The number of aryl methyl sites for hydroxylation is 1. The molecule has 5 nitrogen and oxygen atoms in total. The Hall–Kier alpha value is -2.39. The number of anilines is 1. The molecule has 1 heterocycles. The zero-order valence-corrected chi connectivity index (χ0v) is 16.6. The summed E-state index contributed by atoms with van der Waals surface area (Å²) in [7, 11) is -3.69. The molecule has 2 aromatic carbocycles. The standard InChI is InChI=1S/C20H21F3N2O3S/c1-14-8-9-17(29(27,28)25-10-3-2-4-11-25)13-18(14)24-19(26)15-6-5-7-16(12-15)20(21,22)23/h5-9,12-13H,2-4,10-11H2,1H3,(H,24,26). The van der Waals surface area contributed by atoms with Gasteiger partial charge in [-0.05, 0) is 55.7 Å². The molecule has 3 rings (SSSR count). The third-order valence-corrected chi connectivity index (χ3v) is 6.76. The van der Waals surface area contributed by atoms with Crippen LogP contribution >= 0.6 is 0 Å². The van der Waals surface area contributed by atoms with E-state index < -0.39 is 27.7 Å². The summed E-state index contributed by atoms with van der Waals surface area (Å²) in [5.74, 6) is -0.744. The number of piperidine rings is 1. The van der Waals surface area contributed by atoms with Crippen LogP contribution in [-0.4, -0.2) is 31.7 Å². The quantitative estimate of drug-likeness (QED) is 0.786. The summed E-state index contributed by atoms with van der Waals surface area (Å²) in [6.45, 7) is 2.57. The number of benzene rings is 2. The van der Waals surface area contributed by atoms with Crippen LogP contribution < -0.4 is 5.32 Å². The van der Waals surface area contributed by atoms with Gasteiger partial charge in [0.25, 0.3) is 5.91 Å². The Morgan fingerprint density at radius 1 is 1.03 bits per heavy atom. The first-order valence-corrected chi connectivity index (χ1v) is 10.6. The van der Waals surface area contributed by atoms with Crippen molar-refractivity contribution in [3.05, 3.63) is 59.2 Å². The monoisotopic (exact) mass is 426 g/mol. The fraction of sp³-hybridized carbons (Fsp3) is 0.350. The lowest BCUT2D eigenvalue weighted by molar-refractivity contribution is -0.137. The third-order valence-electron chi connectivity index (χ3n) is 4.86. The SMILES string of the molecule is Cc1ccc(S(=O)(=O)N2CCCCC2)cc1NC(=O)c1cccc(C(F)(F)F)c1. The van der Waals surface area contributed by atoms with Gasteiger partial charge in [0.05, 0.1) is 10.5 Å². The van der Waals surface area contributed by atoms with E-state index in [4.69, 9.17) is 0 Å². The van der Waals surface area contributed by atoms with Crippen LogP contribution in [-0.2, 0) is 16.2 Å². The van der Waals surface area contributed by atoms with E-state index in [2.05, 4.69) is 5.32 Å². The number of sulfonamides is 1. The van der Waals surface area contributed by atoms with Crippen molar-refractivity contribution in [2.45, 2.75) is 37.3 Å². The van der Waals surface area contributed by atoms with Gasteiger partial charge in [0.15, 0.2) is 0 Å². The highest BCUT2D eigenvalue weighted by atomic mass is 32.2. The van der Waals surface area contributed by atoms with E-state index in [1.54, 1.807) is 13.0 Å². The number of nitrogens with one attached hydrogen (secondary N) is 1. The van der Waals surface area contributed by atoms with Crippen LogP contribution in [0.25, 0.3) is 0 Å². The molecular formula is C20H21F3N2O3S. The average Bonchev–Trinajstić information content (AvgIpc) is 2.69. The Morgan fingerprint density at radius 2 is 1.72 bits per heavy atom. The molecule has 1 saturated heterocycles. The molecule has 156 valence electrons. The van der Waals surface area contributed by atoms with E-state index in [0.29, 0.717) is 18.7 Å². The van der Waals surface area contributed by atoms with Crippen molar-refractivity contribution in [2.24, 2.45) is 0 Å². The van der Waals surface area contributed by atoms with Crippen LogP contribution in [0.4, 0.5) is 18.9 Å². The Balaban J connectivity index is 1.86. The summed E-state index contributed by atoms with van der Waals surface area (Å²) in [6, 6.07) is 8.46. The molecule has 9 heteroatoms. The number of hydrogen-bond donors (Lipinski definition) is 1. The molecule has 0 bridgehead atoms. The van der Waals surface area contributed by atoms with Gasteiger partial charge >= 0.3 is 6.18 Å². The lowest BCUT2D eigenvalue weighted by Crippen LogP contribution is -2.35. The normalized spacial score (nSPS) is 15.9. The minimum absolute atomic E-state index is 0.0457. The molecule has 2 aromatic rings. The van der Waals surface area contributed by atoms with Crippen LogP contribution in [0, 0.1) is 6.92 Å². The summed E-state index contributed by atoms with van der Waals surface area (Å²) in [5, 5.41) is 2.53. The first-order valence-electron chi connectivity index (χ1n) is 9.18. The van der Waals surface area contributed by atoms with E-state index in [-0.39, 0.29) is 16.1 Å². The lowest BCUT2D eigenvalue weighted by Gasteiger charge is -2.26. The predicted octanol–water partition coefficient (Wildman–Crippen LogP) is 4.44. The minimum Gasteiger partial charge on any atom is -0.322 e. The van der Waals surface area contributed by atoms with E-state index in [9.17, 15) is 26.4 Å². The fourth-order valence-corrected chi connectivity index (χ4v) is 4.73. The van der Waals surface area contributed by atoms with Crippen molar-refractivity contribution in [3.8, 4) is 0 Å². The van der Waals surface area contributed by atoms with Gasteiger partial charge < -0.3 is 5.32 Å². The molecule has 1 N–H and O–H groups in total. The van der Waals surface area contributed by atoms with E-state index in [0.717, 1.165) is 37.5 Å². The van der Waals surface area contributed by atoms with Crippen molar-refractivity contribution in [3.63, 3.8) is 0 Å². The Morgan fingerprint density at radius 3 is 2.38 bits per heavy atom. The molecule has 1 fully saturated rings. The number of carbonyl (C=O) groups excluding carboxylic acids is 1. The summed E-state index contributed by atoms with van der Waals surface area (Å²) < 4.78 is 65.8. The molecule has 1 aliphatic rings. The van der Waals surface area contributed by atoms with Crippen LogP contribution in [0.2, 0.25) is 0 Å². The molecule has 0 aliphatic carbocycles. The van der Waals surface area contributed by atoms with Crippen molar-refractivity contribution in [1.82, 2.24) is 4.31 Å². The van der Waals surface area contributed by atoms with Crippen LogP contribution in [0.1, 0.15) is 40.7 Å². The van der Waals surface area contributed by atoms with Crippen LogP contribution in [0.5, 0.6) is 0 Å². The van der Waals surface area contributed by atoms with Gasteiger partial charge in [0.2, 0.25) is 10.0 Å². The predicted molar refractivity (Wildman–Crippen MR) is 103 cm³/mol. The van der Waals surface area contributed by atoms with Gasteiger partial charge in [-0.2, -0.15) is 17.5 Å². The van der Waals surface area contributed by atoms with E-state index in [1.807, 2.05) is 0 Å². The highest BCUT2D eigenvalue weighted by Gasteiger charge is 2.31. The highest BCUT2D eigenvalue weighted by molar-refractivity contribution is 7.89.